The van der Waals surface area contributed by atoms with E-state index in [0.29, 0.717) is 11.6 Å². The number of aromatic nitrogens is 1. The van der Waals surface area contributed by atoms with E-state index in [0.717, 1.165) is 49.2 Å². The number of esters is 1. The lowest BCUT2D eigenvalue weighted by atomic mass is 10.1. The molecule has 1 fully saturated rings. The summed E-state index contributed by atoms with van der Waals surface area (Å²) in [6.07, 6.45) is 0. The summed E-state index contributed by atoms with van der Waals surface area (Å²) in [5, 5.41) is 0. The van der Waals surface area contributed by atoms with Crippen molar-refractivity contribution in [2.75, 3.05) is 31.6 Å². The summed E-state index contributed by atoms with van der Waals surface area (Å²) in [7, 11) is 1.40. The van der Waals surface area contributed by atoms with Crippen LogP contribution < -0.4 is 4.90 Å². The molecule has 0 N–H and O–H groups in total. The maximum absolute atomic E-state index is 11.5. The minimum Gasteiger partial charge on any atom is -0.465 e. The van der Waals surface area contributed by atoms with E-state index >= 15 is 0 Å². The molecule has 0 amide bonds. The monoisotopic (exact) mass is 343 g/mol. The highest BCUT2D eigenvalue weighted by Crippen LogP contribution is 2.22. The zero-order valence-corrected chi connectivity index (χ0v) is 15.3. The highest BCUT2D eigenvalue weighted by Gasteiger charge is 2.25. The molecule has 0 aliphatic carbocycles. The Kier molecular flexibility index (Phi) is 5.08. The van der Waals surface area contributed by atoms with E-state index in [1.807, 2.05) is 38.1 Å². The average molecular weight is 343 g/mol. The second kappa shape index (κ2) is 7.27. The number of anilines is 1. The number of nitrogens with zero attached hydrogens (tertiary/aromatic N) is 3. The van der Waals surface area contributed by atoms with E-state index in [1.54, 1.807) is 0 Å². The minimum absolute atomic E-state index is 0.304. The molecule has 1 saturated heterocycles. The predicted octanol–water partition coefficient (Wildman–Crippen LogP) is 2.79. The molecule has 6 nitrogen and oxygen atoms in total. The van der Waals surface area contributed by atoms with Crippen molar-refractivity contribution in [1.82, 2.24) is 9.88 Å². The Morgan fingerprint density at radius 3 is 2.56 bits per heavy atom. The maximum Gasteiger partial charge on any atom is 0.337 e. The Bertz CT molecular complexity index is 719. The van der Waals surface area contributed by atoms with Gasteiger partial charge in [-0.1, -0.05) is 0 Å². The SMILES string of the molecule is COC(=O)c1ccc(N2CCN(Cc3nc(C)c(C)o3)C(C)C2)cc1. The topological polar surface area (TPSA) is 58.8 Å². The van der Waals surface area contributed by atoms with Crippen LogP contribution in [0.15, 0.2) is 28.7 Å². The molecule has 1 atom stereocenters. The van der Waals surface area contributed by atoms with Gasteiger partial charge < -0.3 is 14.1 Å². The third-order valence-corrected chi connectivity index (χ3v) is 4.83. The van der Waals surface area contributed by atoms with Crippen molar-refractivity contribution in [3.05, 3.63) is 47.2 Å². The Labute approximate surface area is 148 Å². The summed E-state index contributed by atoms with van der Waals surface area (Å²) in [5.41, 5.74) is 2.67. The highest BCUT2D eigenvalue weighted by atomic mass is 16.5. The van der Waals surface area contributed by atoms with E-state index in [-0.39, 0.29) is 5.97 Å². The number of methoxy groups -OCH3 is 1. The van der Waals surface area contributed by atoms with Crippen LogP contribution in [0.4, 0.5) is 5.69 Å². The molecule has 2 aromatic rings. The number of rotatable bonds is 4. The van der Waals surface area contributed by atoms with E-state index in [1.165, 1.54) is 7.11 Å². The number of ether oxygens (including phenoxy) is 1. The van der Waals surface area contributed by atoms with Crippen LogP contribution in [0.25, 0.3) is 0 Å². The van der Waals surface area contributed by atoms with Crippen molar-refractivity contribution in [3.8, 4) is 0 Å². The van der Waals surface area contributed by atoms with Crippen molar-refractivity contribution in [2.45, 2.75) is 33.4 Å². The number of hydrogen-bond acceptors (Lipinski definition) is 6. The van der Waals surface area contributed by atoms with Crippen LogP contribution in [-0.4, -0.2) is 48.6 Å². The molecule has 1 aliphatic heterocycles. The Balaban J connectivity index is 1.62. The highest BCUT2D eigenvalue weighted by molar-refractivity contribution is 5.89. The van der Waals surface area contributed by atoms with Crippen LogP contribution >= 0.6 is 0 Å². The summed E-state index contributed by atoms with van der Waals surface area (Å²) >= 11 is 0. The molecule has 1 unspecified atom stereocenters. The van der Waals surface area contributed by atoms with Gasteiger partial charge in [-0.2, -0.15) is 0 Å². The lowest BCUT2D eigenvalue weighted by Crippen LogP contribution is -2.51. The molecule has 3 rings (SSSR count). The summed E-state index contributed by atoms with van der Waals surface area (Å²) in [6, 6.07) is 7.99. The summed E-state index contributed by atoms with van der Waals surface area (Å²) in [6.45, 7) is 9.69. The van der Waals surface area contributed by atoms with Gasteiger partial charge in [0.1, 0.15) is 5.76 Å². The van der Waals surface area contributed by atoms with Crippen LogP contribution in [0.3, 0.4) is 0 Å². The molecule has 25 heavy (non-hydrogen) atoms. The molecule has 1 aromatic carbocycles. The van der Waals surface area contributed by atoms with Crippen LogP contribution in [0.2, 0.25) is 0 Å². The number of carbonyl (C=O) groups is 1. The second-order valence-corrected chi connectivity index (χ2v) is 6.55. The second-order valence-electron chi connectivity index (χ2n) is 6.55. The molecule has 1 aromatic heterocycles. The van der Waals surface area contributed by atoms with Crippen molar-refractivity contribution in [1.29, 1.82) is 0 Å². The van der Waals surface area contributed by atoms with Gasteiger partial charge in [-0.05, 0) is 45.0 Å². The van der Waals surface area contributed by atoms with E-state index in [4.69, 9.17) is 9.15 Å². The van der Waals surface area contributed by atoms with Crippen LogP contribution in [0, 0.1) is 13.8 Å². The first-order valence-electron chi connectivity index (χ1n) is 8.58. The van der Waals surface area contributed by atoms with Gasteiger partial charge in [-0.25, -0.2) is 9.78 Å². The zero-order chi connectivity index (χ0) is 18.0. The zero-order valence-electron chi connectivity index (χ0n) is 15.3. The molecular weight excluding hydrogens is 318 g/mol. The van der Waals surface area contributed by atoms with Crippen molar-refractivity contribution >= 4 is 11.7 Å². The van der Waals surface area contributed by atoms with E-state index in [2.05, 4.69) is 21.7 Å². The third kappa shape index (κ3) is 3.85. The molecule has 0 bridgehead atoms. The number of carbonyl (C=O) groups excluding carboxylic acids is 1. The fourth-order valence-electron chi connectivity index (χ4n) is 3.17. The molecule has 0 spiro atoms. The average Bonchev–Trinajstić information content (AvgIpc) is 2.93. The first-order chi connectivity index (χ1) is 12.0. The Hall–Kier alpha value is -2.34. The molecular formula is C19H25N3O3. The number of oxazole rings is 1. The van der Waals surface area contributed by atoms with Crippen molar-refractivity contribution < 1.29 is 13.9 Å². The van der Waals surface area contributed by atoms with E-state index < -0.39 is 0 Å². The summed E-state index contributed by atoms with van der Waals surface area (Å²) in [4.78, 5) is 20.8. The largest absolute Gasteiger partial charge is 0.465 e. The standard InChI is InChI=1S/C19H25N3O3/c1-13-11-22(17-7-5-16(6-8-17)19(23)24-4)10-9-21(13)12-18-20-14(2)15(3)25-18/h5-8,13H,9-12H2,1-4H3. The number of aryl methyl sites for hydroxylation is 2. The molecule has 0 radical (unpaired) electrons. The molecule has 1 aliphatic rings. The normalized spacial score (nSPS) is 18.4. The number of hydrogen-bond donors (Lipinski definition) is 0. The van der Waals surface area contributed by atoms with Crippen LogP contribution in [0.5, 0.6) is 0 Å². The van der Waals surface area contributed by atoms with Gasteiger partial charge in [0.2, 0.25) is 5.89 Å². The fraction of sp³-hybridized carbons (Fsp3) is 0.474. The van der Waals surface area contributed by atoms with Crippen molar-refractivity contribution in [2.24, 2.45) is 0 Å². The third-order valence-electron chi connectivity index (χ3n) is 4.83. The lowest BCUT2D eigenvalue weighted by molar-refractivity contribution is 0.0600. The van der Waals surface area contributed by atoms with Gasteiger partial charge in [0, 0.05) is 31.4 Å². The van der Waals surface area contributed by atoms with Crippen LogP contribution in [-0.2, 0) is 11.3 Å². The van der Waals surface area contributed by atoms with Gasteiger partial charge in [-0.3, -0.25) is 4.90 Å². The smallest absolute Gasteiger partial charge is 0.337 e. The van der Waals surface area contributed by atoms with Gasteiger partial charge >= 0.3 is 5.97 Å². The quantitative estimate of drug-likeness (QED) is 0.796. The number of benzene rings is 1. The molecule has 0 saturated carbocycles. The lowest BCUT2D eigenvalue weighted by Gasteiger charge is -2.40. The summed E-state index contributed by atoms with van der Waals surface area (Å²) < 4.78 is 10.5. The fourth-order valence-corrected chi connectivity index (χ4v) is 3.17. The first-order valence-corrected chi connectivity index (χ1v) is 8.58. The molecule has 6 heteroatoms. The maximum atomic E-state index is 11.5. The van der Waals surface area contributed by atoms with Gasteiger partial charge in [0.15, 0.2) is 0 Å². The minimum atomic E-state index is -0.304. The van der Waals surface area contributed by atoms with Crippen molar-refractivity contribution in [3.63, 3.8) is 0 Å². The Morgan fingerprint density at radius 2 is 2.00 bits per heavy atom. The van der Waals surface area contributed by atoms with Crippen LogP contribution in [0.1, 0.15) is 34.6 Å². The molecule has 2 heterocycles. The predicted molar refractivity (Wildman–Crippen MR) is 95.8 cm³/mol. The van der Waals surface area contributed by atoms with Gasteiger partial charge in [-0.15, -0.1) is 0 Å². The van der Waals surface area contributed by atoms with Gasteiger partial charge in [0.05, 0.1) is 24.9 Å². The summed E-state index contributed by atoms with van der Waals surface area (Å²) in [5.74, 6) is 1.38. The number of piperazine rings is 1. The Morgan fingerprint density at radius 1 is 1.28 bits per heavy atom. The first kappa shape index (κ1) is 17.5. The van der Waals surface area contributed by atoms with Gasteiger partial charge in [0.25, 0.3) is 0 Å². The molecule has 134 valence electrons. The van der Waals surface area contributed by atoms with E-state index in [9.17, 15) is 4.79 Å².